The molecule has 0 unspecified atom stereocenters. The van der Waals surface area contributed by atoms with Gasteiger partial charge in [0.15, 0.2) is 0 Å². The Hall–Kier alpha value is -0.890. The molecule has 2 heteroatoms. The van der Waals surface area contributed by atoms with E-state index in [1.807, 2.05) is 12.4 Å². The fourth-order valence-electron chi connectivity index (χ4n) is 2.71. The molecule has 0 N–H and O–H groups in total. The molecule has 4 rings (SSSR count). The number of hydrogen-bond acceptors (Lipinski definition) is 1. The van der Waals surface area contributed by atoms with Gasteiger partial charge in [-0.25, -0.2) is 0 Å². The number of hydrogen-bond donors (Lipinski definition) is 0. The average molecular weight is 243 g/mol. The van der Waals surface area contributed by atoms with Gasteiger partial charge in [-0.2, -0.15) is 0 Å². The van der Waals surface area contributed by atoms with Crippen LogP contribution in [0.2, 0.25) is 0 Å². The number of pyridine rings is 1. The zero-order valence-electron chi connectivity index (χ0n) is 11.6. The van der Waals surface area contributed by atoms with Gasteiger partial charge in [0.1, 0.15) is 0 Å². The molecule has 1 nitrogen and oxygen atoms in total. The minimum atomic E-state index is 0. The van der Waals surface area contributed by atoms with Crippen molar-refractivity contribution in [3.8, 4) is 0 Å². The van der Waals surface area contributed by atoms with Gasteiger partial charge in [0.25, 0.3) is 0 Å². The Bertz CT molecular complexity index is 722. The van der Waals surface area contributed by atoms with Crippen LogP contribution in [0.1, 0.15) is 25.7 Å². The molecule has 1 aliphatic carbocycles. The molecule has 0 saturated heterocycles. The molecule has 0 radical (unpaired) electrons. The first-order valence-corrected chi connectivity index (χ1v) is 6.19. The summed E-state index contributed by atoms with van der Waals surface area (Å²) in [5.41, 5.74) is 1.51. The van der Waals surface area contributed by atoms with E-state index in [9.17, 15) is 0 Å². The summed E-state index contributed by atoms with van der Waals surface area (Å²) in [5, 5.41) is 5.35. The zero-order valence-corrected chi connectivity index (χ0v) is 12.6. The molecule has 1 saturated carbocycles. The second-order valence-corrected chi connectivity index (χ2v) is 4.88. The van der Waals surface area contributed by atoms with E-state index >= 15 is 0 Å². The van der Waals surface area contributed by atoms with E-state index in [2.05, 4.69) is 41.4 Å². The average Bonchev–Trinajstić information content (AvgIpc) is 3.22. The van der Waals surface area contributed by atoms with Crippen LogP contribution in [0, 0.1) is 0 Å². The van der Waals surface area contributed by atoms with Gasteiger partial charge in [0.05, 0.1) is 0 Å². The van der Waals surface area contributed by atoms with E-state index < -0.39 is 0 Å². The Morgan fingerprint density at radius 3 is 2.67 bits per heavy atom. The van der Waals surface area contributed by atoms with Crippen LogP contribution in [0.15, 0.2) is 48.8 Å². The largest absolute Gasteiger partial charge is 1.00 e. The molecule has 1 aliphatic rings. The first-order chi connectivity index (χ1) is 8.43. The van der Waals surface area contributed by atoms with E-state index in [0.29, 0.717) is 0 Å². The second kappa shape index (κ2) is 4.65. The second-order valence-electron chi connectivity index (χ2n) is 4.88. The van der Waals surface area contributed by atoms with E-state index in [1.54, 1.807) is 0 Å². The summed E-state index contributed by atoms with van der Waals surface area (Å²) in [6.07, 6.45) is 6.60. The van der Waals surface area contributed by atoms with Crippen molar-refractivity contribution < 1.29 is 31.0 Å². The van der Waals surface area contributed by atoms with E-state index in [-0.39, 0.29) is 31.0 Å². The van der Waals surface area contributed by atoms with Crippen LogP contribution < -0.4 is 29.6 Å². The molecule has 1 fully saturated rings. The van der Waals surface area contributed by atoms with Gasteiger partial charge in [0, 0.05) is 17.8 Å². The van der Waals surface area contributed by atoms with Gasteiger partial charge in [-0.05, 0) is 46.5 Å². The molecule has 0 aliphatic heterocycles. The third-order valence-corrected chi connectivity index (χ3v) is 3.71. The number of benzene rings is 2. The quantitative estimate of drug-likeness (QED) is 0.465. The van der Waals surface area contributed by atoms with Crippen LogP contribution in [0.4, 0.5) is 0 Å². The Morgan fingerprint density at radius 1 is 1.00 bits per heavy atom. The van der Waals surface area contributed by atoms with Gasteiger partial charge in [-0.3, -0.25) is 4.98 Å². The monoisotopic (exact) mass is 243 g/mol. The SMILES string of the molecule is [H-].[Na+].c1ccc2c(c1)cc(C1CC1)c1ccncc12. The summed E-state index contributed by atoms with van der Waals surface area (Å²) in [6.45, 7) is 0. The van der Waals surface area contributed by atoms with Crippen LogP contribution in [0.25, 0.3) is 21.5 Å². The van der Waals surface area contributed by atoms with Crippen LogP contribution in [-0.2, 0) is 0 Å². The molecule has 3 aromatic rings. The van der Waals surface area contributed by atoms with Crippen molar-refractivity contribution in [1.82, 2.24) is 4.98 Å². The number of rotatable bonds is 1. The molecule has 0 bridgehead atoms. The van der Waals surface area contributed by atoms with Crippen molar-refractivity contribution in [2.45, 2.75) is 18.8 Å². The predicted octanol–water partition coefficient (Wildman–Crippen LogP) is 1.38. The molecule has 84 valence electrons. The molecule has 1 aromatic heterocycles. The molecular weight excluding hydrogens is 229 g/mol. The van der Waals surface area contributed by atoms with Crippen molar-refractivity contribution in [3.63, 3.8) is 0 Å². The van der Waals surface area contributed by atoms with Gasteiger partial charge in [-0.15, -0.1) is 0 Å². The summed E-state index contributed by atoms with van der Waals surface area (Å²) in [5.74, 6) is 0.782. The topological polar surface area (TPSA) is 12.9 Å². The summed E-state index contributed by atoms with van der Waals surface area (Å²) < 4.78 is 0. The summed E-state index contributed by atoms with van der Waals surface area (Å²) >= 11 is 0. The van der Waals surface area contributed by atoms with Crippen molar-refractivity contribution >= 4 is 21.5 Å². The molecular formula is C16H14NNa. The third kappa shape index (κ3) is 1.87. The van der Waals surface area contributed by atoms with Crippen molar-refractivity contribution in [3.05, 3.63) is 54.4 Å². The van der Waals surface area contributed by atoms with Crippen molar-refractivity contribution in [2.75, 3.05) is 0 Å². The molecule has 0 spiro atoms. The standard InChI is InChI=1S/C16H13N.Na.H/c1-2-4-13-12(3-1)9-15(11-5-6-11)14-7-8-17-10-16(13)14;;/h1-4,7-11H,5-6H2;;/q;+1;-1. The van der Waals surface area contributed by atoms with Gasteiger partial charge >= 0.3 is 29.6 Å². The number of aromatic nitrogens is 1. The van der Waals surface area contributed by atoms with Crippen molar-refractivity contribution in [1.29, 1.82) is 0 Å². The third-order valence-electron chi connectivity index (χ3n) is 3.71. The Morgan fingerprint density at radius 2 is 1.83 bits per heavy atom. The molecule has 0 amide bonds. The maximum Gasteiger partial charge on any atom is 1.00 e. The van der Waals surface area contributed by atoms with E-state index in [4.69, 9.17) is 0 Å². The van der Waals surface area contributed by atoms with Crippen LogP contribution >= 0.6 is 0 Å². The molecule has 0 atom stereocenters. The fraction of sp³-hybridized carbons (Fsp3) is 0.188. The summed E-state index contributed by atoms with van der Waals surface area (Å²) in [7, 11) is 0. The molecule has 1 heterocycles. The minimum Gasteiger partial charge on any atom is -1.00 e. The smallest absolute Gasteiger partial charge is 1.00 e. The maximum absolute atomic E-state index is 4.28. The normalized spacial score (nSPS) is 14.7. The predicted molar refractivity (Wildman–Crippen MR) is 72.3 cm³/mol. The number of fused-ring (bicyclic) bond motifs is 3. The van der Waals surface area contributed by atoms with Crippen LogP contribution in [0.3, 0.4) is 0 Å². The van der Waals surface area contributed by atoms with Gasteiger partial charge in [0.2, 0.25) is 0 Å². The zero-order chi connectivity index (χ0) is 11.2. The fourth-order valence-corrected chi connectivity index (χ4v) is 2.71. The van der Waals surface area contributed by atoms with Crippen LogP contribution in [-0.4, -0.2) is 4.98 Å². The number of nitrogens with zero attached hydrogens (tertiary/aromatic N) is 1. The minimum absolute atomic E-state index is 0. The molecule has 2 aromatic carbocycles. The van der Waals surface area contributed by atoms with E-state index in [0.717, 1.165) is 5.92 Å². The summed E-state index contributed by atoms with van der Waals surface area (Å²) in [6, 6.07) is 13.1. The Balaban J connectivity index is 0.000000667. The van der Waals surface area contributed by atoms with Crippen LogP contribution in [0.5, 0.6) is 0 Å². The van der Waals surface area contributed by atoms with Crippen molar-refractivity contribution in [2.24, 2.45) is 0 Å². The first kappa shape index (κ1) is 12.2. The van der Waals surface area contributed by atoms with E-state index in [1.165, 1.54) is 39.9 Å². The van der Waals surface area contributed by atoms with Gasteiger partial charge < -0.3 is 1.43 Å². The maximum atomic E-state index is 4.28. The Labute approximate surface area is 130 Å². The first-order valence-electron chi connectivity index (χ1n) is 6.19. The van der Waals surface area contributed by atoms with Gasteiger partial charge in [-0.1, -0.05) is 30.3 Å². The Kier molecular flexibility index (Phi) is 3.14. The summed E-state index contributed by atoms with van der Waals surface area (Å²) in [4.78, 5) is 4.28. The molecule has 18 heavy (non-hydrogen) atoms.